The minimum Gasteiger partial charge on any atom is -0.495 e. The van der Waals surface area contributed by atoms with Crippen LogP contribution in [0.4, 0.5) is 22.1 Å². The van der Waals surface area contributed by atoms with E-state index in [1.54, 1.807) is 24.0 Å². The number of benzene rings is 1. The van der Waals surface area contributed by atoms with E-state index in [1.165, 1.54) is 19.4 Å². The summed E-state index contributed by atoms with van der Waals surface area (Å²) in [7, 11) is 1.47. The number of likely N-dealkylation sites (tertiary alicyclic amines) is 1. The molecule has 31 heavy (non-hydrogen) atoms. The number of rotatable bonds is 6. The molecule has 11 heteroatoms. The number of nitro groups is 1. The molecule has 11 nitrogen and oxygen atoms in total. The number of anilines is 2. The highest BCUT2D eigenvalue weighted by atomic mass is 16.6. The summed E-state index contributed by atoms with van der Waals surface area (Å²) in [5.41, 5.74) is 0.233. The van der Waals surface area contributed by atoms with Crippen LogP contribution < -0.4 is 14.8 Å². The zero-order chi connectivity index (χ0) is 22.8. The number of nitrogens with one attached hydrogen (secondary N) is 1. The zero-order valence-corrected chi connectivity index (χ0v) is 18.0. The summed E-state index contributed by atoms with van der Waals surface area (Å²) in [6, 6.07) is 4.53. The summed E-state index contributed by atoms with van der Waals surface area (Å²) in [4.78, 5) is 32.7. The number of aryl methyl sites for hydroxylation is 1. The van der Waals surface area contributed by atoms with Crippen LogP contribution >= 0.6 is 0 Å². The average molecular weight is 431 g/mol. The van der Waals surface area contributed by atoms with Gasteiger partial charge in [0.05, 0.1) is 30.8 Å². The monoisotopic (exact) mass is 431 g/mol. The molecule has 2 aromatic rings. The maximum Gasteiger partial charge on any atom is 0.410 e. The SMILES string of the molecule is COc1cc(C)c([N+](=O)[O-])cc1Nc1nccc(OC2CN(C(=O)OC(C)(C)C)C2)n1. The van der Waals surface area contributed by atoms with E-state index >= 15 is 0 Å². The predicted molar refractivity (Wildman–Crippen MR) is 112 cm³/mol. The molecule has 0 saturated carbocycles. The van der Waals surface area contributed by atoms with Crippen LogP contribution in [-0.4, -0.2) is 57.8 Å². The zero-order valence-electron chi connectivity index (χ0n) is 18.0. The molecule has 1 aliphatic heterocycles. The lowest BCUT2D eigenvalue weighted by atomic mass is 10.1. The first kappa shape index (κ1) is 22.1. The van der Waals surface area contributed by atoms with Crippen molar-refractivity contribution >= 4 is 23.4 Å². The highest BCUT2D eigenvalue weighted by molar-refractivity contribution is 5.69. The Labute approximate surface area is 179 Å². The van der Waals surface area contributed by atoms with E-state index in [1.807, 2.05) is 20.8 Å². The van der Waals surface area contributed by atoms with Crippen molar-refractivity contribution < 1.29 is 23.9 Å². The molecule has 1 aliphatic rings. The summed E-state index contributed by atoms with van der Waals surface area (Å²) < 4.78 is 16.4. The standard InChI is InChI=1S/C20H25N5O6/c1-12-8-16(29-5)14(9-15(12)25(27)28)22-18-21-7-6-17(23-18)30-13-10-24(11-13)19(26)31-20(2,3)4/h6-9,13H,10-11H2,1-5H3,(H,21,22,23). The second-order valence-electron chi connectivity index (χ2n) is 8.06. The quantitative estimate of drug-likeness (QED) is 0.540. The number of hydrogen-bond acceptors (Lipinski definition) is 9. The third-order valence-electron chi connectivity index (χ3n) is 4.38. The average Bonchev–Trinajstić information content (AvgIpc) is 2.64. The van der Waals surface area contributed by atoms with Gasteiger partial charge in [-0.05, 0) is 33.8 Å². The Morgan fingerprint density at radius 2 is 2.03 bits per heavy atom. The highest BCUT2D eigenvalue weighted by Crippen LogP contribution is 2.34. The van der Waals surface area contributed by atoms with Gasteiger partial charge in [-0.15, -0.1) is 0 Å². The largest absolute Gasteiger partial charge is 0.495 e. The van der Waals surface area contributed by atoms with Gasteiger partial charge in [-0.2, -0.15) is 4.98 Å². The molecule has 2 heterocycles. The number of carbonyl (C=O) groups excluding carboxylic acids is 1. The van der Waals surface area contributed by atoms with Crippen LogP contribution in [0.2, 0.25) is 0 Å². The topological polar surface area (TPSA) is 129 Å². The molecule has 1 saturated heterocycles. The predicted octanol–water partition coefficient (Wildman–Crippen LogP) is 3.44. The first-order valence-electron chi connectivity index (χ1n) is 9.63. The van der Waals surface area contributed by atoms with Crippen LogP contribution in [0, 0.1) is 17.0 Å². The van der Waals surface area contributed by atoms with E-state index in [0.717, 1.165) is 0 Å². The molecule has 1 aromatic heterocycles. The van der Waals surface area contributed by atoms with Crippen molar-refractivity contribution in [2.24, 2.45) is 0 Å². The Morgan fingerprint density at radius 3 is 2.65 bits per heavy atom. The van der Waals surface area contributed by atoms with Gasteiger partial charge in [0, 0.05) is 23.9 Å². The normalized spacial score (nSPS) is 13.9. The molecule has 1 fully saturated rings. The molecular formula is C20H25N5O6. The Kier molecular flexibility index (Phi) is 6.14. The molecule has 0 aliphatic carbocycles. The summed E-state index contributed by atoms with van der Waals surface area (Å²) in [5.74, 6) is 0.925. The smallest absolute Gasteiger partial charge is 0.410 e. The fourth-order valence-electron chi connectivity index (χ4n) is 2.88. The lowest BCUT2D eigenvalue weighted by molar-refractivity contribution is -0.385. The van der Waals surface area contributed by atoms with E-state index in [2.05, 4.69) is 15.3 Å². The molecule has 1 amide bonds. The number of amides is 1. The van der Waals surface area contributed by atoms with Gasteiger partial charge in [0.25, 0.3) is 5.69 Å². The minimum atomic E-state index is -0.553. The van der Waals surface area contributed by atoms with Crippen LogP contribution in [0.25, 0.3) is 0 Å². The lowest BCUT2D eigenvalue weighted by Crippen LogP contribution is -2.57. The lowest BCUT2D eigenvalue weighted by Gasteiger charge is -2.39. The summed E-state index contributed by atoms with van der Waals surface area (Å²) in [5, 5.41) is 14.2. The van der Waals surface area contributed by atoms with Crippen molar-refractivity contribution in [2.75, 3.05) is 25.5 Å². The van der Waals surface area contributed by atoms with E-state index in [0.29, 0.717) is 36.0 Å². The van der Waals surface area contributed by atoms with Gasteiger partial charge in [-0.3, -0.25) is 10.1 Å². The van der Waals surface area contributed by atoms with Crippen molar-refractivity contribution in [1.82, 2.24) is 14.9 Å². The third kappa shape index (κ3) is 5.50. The minimum absolute atomic E-state index is 0.0487. The molecule has 3 rings (SSSR count). The molecule has 0 bridgehead atoms. The van der Waals surface area contributed by atoms with Gasteiger partial charge in [0.15, 0.2) is 0 Å². The van der Waals surface area contributed by atoms with Gasteiger partial charge in [0.2, 0.25) is 11.8 Å². The second-order valence-corrected chi connectivity index (χ2v) is 8.06. The van der Waals surface area contributed by atoms with Gasteiger partial charge in [0.1, 0.15) is 17.5 Å². The van der Waals surface area contributed by atoms with Gasteiger partial charge < -0.3 is 24.4 Å². The fraction of sp³-hybridized carbons (Fsp3) is 0.450. The first-order chi connectivity index (χ1) is 14.6. The number of methoxy groups -OCH3 is 1. The Hall–Kier alpha value is -3.63. The number of carbonyl (C=O) groups is 1. The Balaban J connectivity index is 1.65. The first-order valence-corrected chi connectivity index (χ1v) is 9.63. The highest BCUT2D eigenvalue weighted by Gasteiger charge is 2.35. The van der Waals surface area contributed by atoms with Crippen LogP contribution in [0.15, 0.2) is 24.4 Å². The molecular weight excluding hydrogens is 406 g/mol. The van der Waals surface area contributed by atoms with Crippen LogP contribution in [0.3, 0.4) is 0 Å². The van der Waals surface area contributed by atoms with Crippen molar-refractivity contribution in [3.8, 4) is 11.6 Å². The van der Waals surface area contributed by atoms with Gasteiger partial charge in [-0.1, -0.05) is 0 Å². The molecule has 0 unspecified atom stereocenters. The fourth-order valence-corrected chi connectivity index (χ4v) is 2.88. The number of ether oxygens (including phenoxy) is 3. The number of hydrogen-bond donors (Lipinski definition) is 1. The van der Waals surface area contributed by atoms with Gasteiger partial charge in [-0.25, -0.2) is 9.78 Å². The van der Waals surface area contributed by atoms with E-state index in [-0.39, 0.29) is 23.8 Å². The van der Waals surface area contributed by atoms with Crippen LogP contribution in [-0.2, 0) is 4.74 Å². The van der Waals surface area contributed by atoms with Crippen molar-refractivity contribution in [2.45, 2.75) is 39.4 Å². The number of nitro benzene ring substituents is 1. The van der Waals surface area contributed by atoms with Crippen molar-refractivity contribution in [3.63, 3.8) is 0 Å². The maximum atomic E-state index is 12.0. The van der Waals surface area contributed by atoms with E-state index < -0.39 is 10.5 Å². The van der Waals surface area contributed by atoms with E-state index in [4.69, 9.17) is 14.2 Å². The molecule has 1 aromatic carbocycles. The Morgan fingerprint density at radius 1 is 1.32 bits per heavy atom. The van der Waals surface area contributed by atoms with Crippen LogP contribution in [0.1, 0.15) is 26.3 Å². The summed E-state index contributed by atoms with van der Waals surface area (Å²) in [6.07, 6.45) is 0.903. The van der Waals surface area contributed by atoms with Gasteiger partial charge >= 0.3 is 6.09 Å². The number of nitrogens with zero attached hydrogens (tertiary/aromatic N) is 4. The summed E-state index contributed by atoms with van der Waals surface area (Å²) >= 11 is 0. The van der Waals surface area contributed by atoms with E-state index in [9.17, 15) is 14.9 Å². The molecule has 1 N–H and O–H groups in total. The molecule has 0 atom stereocenters. The Bertz CT molecular complexity index is 985. The van der Waals surface area contributed by atoms with Crippen molar-refractivity contribution in [3.05, 3.63) is 40.1 Å². The molecule has 166 valence electrons. The molecule has 0 radical (unpaired) electrons. The molecule has 0 spiro atoms. The second kappa shape index (κ2) is 8.62. The van der Waals surface area contributed by atoms with Crippen LogP contribution in [0.5, 0.6) is 11.6 Å². The number of aromatic nitrogens is 2. The summed E-state index contributed by atoms with van der Waals surface area (Å²) in [6.45, 7) is 7.84. The third-order valence-corrected chi connectivity index (χ3v) is 4.38. The maximum absolute atomic E-state index is 12.0. The van der Waals surface area contributed by atoms with Crippen molar-refractivity contribution in [1.29, 1.82) is 0 Å².